The van der Waals surface area contributed by atoms with Crippen molar-refractivity contribution in [3.05, 3.63) is 35.4 Å². The number of carbonyl (C=O) groups excluding carboxylic acids is 1. The highest BCUT2D eigenvalue weighted by molar-refractivity contribution is 5.77. The lowest BCUT2D eigenvalue weighted by atomic mass is 10.1. The Balaban J connectivity index is 2.79. The van der Waals surface area contributed by atoms with Gasteiger partial charge in [0.15, 0.2) is 11.6 Å². The van der Waals surface area contributed by atoms with Crippen LogP contribution in [0.2, 0.25) is 0 Å². The van der Waals surface area contributed by atoms with Crippen LogP contribution in [0.15, 0.2) is 18.2 Å². The molecule has 5 heteroatoms. The summed E-state index contributed by atoms with van der Waals surface area (Å²) in [5.41, 5.74) is 1.69. The number of carbonyl (C=O) groups is 1. The average molecular weight is 187 g/mol. The average Bonchev–Trinajstić information content (AvgIpc) is 2.11. The molecule has 0 saturated carbocycles. The van der Waals surface area contributed by atoms with Crippen LogP contribution in [-0.4, -0.2) is 11.1 Å². The fourth-order valence-corrected chi connectivity index (χ4v) is 0.875. The van der Waals surface area contributed by atoms with Crippen molar-refractivity contribution in [3.8, 4) is 0 Å². The molecular weight excluding hydrogens is 180 g/mol. The van der Waals surface area contributed by atoms with Gasteiger partial charge in [-0.05, 0) is 17.7 Å². The van der Waals surface area contributed by atoms with Gasteiger partial charge in [0.1, 0.15) is 0 Å². The molecule has 0 aromatic heterocycles. The van der Waals surface area contributed by atoms with Crippen LogP contribution in [-0.2, 0) is 11.2 Å². The third kappa shape index (κ3) is 2.48. The summed E-state index contributed by atoms with van der Waals surface area (Å²) in [6.45, 7) is 0. The normalized spacial score (nSPS) is 9.77. The quantitative estimate of drug-likeness (QED) is 0.536. The molecule has 13 heavy (non-hydrogen) atoms. The van der Waals surface area contributed by atoms with Gasteiger partial charge < -0.3 is 0 Å². The molecule has 2 N–H and O–H groups in total. The Morgan fingerprint density at radius 3 is 2.62 bits per heavy atom. The fraction of sp³-hybridized carbons (Fsp3) is 0.125. The number of hydroxylamine groups is 1. The lowest BCUT2D eigenvalue weighted by molar-refractivity contribution is -0.128. The molecule has 1 rings (SSSR count). The standard InChI is InChI=1S/C8H7F2NO2/c9-6-2-1-5(3-7(6)10)4-8(12)11-13/h1-3,13H,4H2,(H,11,12). The number of amides is 1. The molecule has 0 radical (unpaired) electrons. The first-order chi connectivity index (χ1) is 6.13. The molecule has 0 fully saturated rings. The molecular formula is C8H7F2NO2. The molecule has 0 saturated heterocycles. The second-order valence-corrected chi connectivity index (χ2v) is 2.46. The van der Waals surface area contributed by atoms with Crippen molar-refractivity contribution >= 4 is 5.91 Å². The highest BCUT2D eigenvalue weighted by Crippen LogP contribution is 2.08. The van der Waals surface area contributed by atoms with Crippen molar-refractivity contribution in [3.63, 3.8) is 0 Å². The van der Waals surface area contributed by atoms with Crippen molar-refractivity contribution in [2.45, 2.75) is 6.42 Å². The number of rotatable bonds is 2. The highest BCUT2D eigenvalue weighted by Gasteiger charge is 2.05. The van der Waals surface area contributed by atoms with Gasteiger partial charge in [0, 0.05) is 0 Å². The molecule has 1 aromatic rings. The molecule has 0 spiro atoms. The Bertz CT molecular complexity index is 328. The summed E-state index contributed by atoms with van der Waals surface area (Å²) in [7, 11) is 0. The third-order valence-corrected chi connectivity index (χ3v) is 1.47. The largest absolute Gasteiger partial charge is 0.289 e. The Morgan fingerprint density at radius 1 is 1.38 bits per heavy atom. The SMILES string of the molecule is O=C(Cc1ccc(F)c(F)c1)NO. The van der Waals surface area contributed by atoms with Crippen molar-refractivity contribution < 1.29 is 18.8 Å². The molecule has 0 aliphatic rings. The topological polar surface area (TPSA) is 49.3 Å². The van der Waals surface area contributed by atoms with Crippen LogP contribution in [0.25, 0.3) is 0 Å². The summed E-state index contributed by atoms with van der Waals surface area (Å²) in [6, 6.07) is 3.10. The van der Waals surface area contributed by atoms with E-state index in [2.05, 4.69) is 0 Å². The molecule has 1 amide bonds. The molecule has 0 aliphatic carbocycles. The predicted molar refractivity (Wildman–Crippen MR) is 40.0 cm³/mol. The van der Waals surface area contributed by atoms with Gasteiger partial charge in [-0.15, -0.1) is 0 Å². The van der Waals surface area contributed by atoms with E-state index in [4.69, 9.17) is 5.21 Å². The van der Waals surface area contributed by atoms with Crippen molar-refractivity contribution in [2.24, 2.45) is 0 Å². The highest BCUT2D eigenvalue weighted by atomic mass is 19.2. The van der Waals surface area contributed by atoms with Gasteiger partial charge in [0.05, 0.1) is 6.42 Å². The fourth-order valence-electron chi connectivity index (χ4n) is 0.875. The molecule has 0 heterocycles. The second-order valence-electron chi connectivity index (χ2n) is 2.46. The smallest absolute Gasteiger partial charge is 0.247 e. The first-order valence-corrected chi connectivity index (χ1v) is 3.50. The van der Waals surface area contributed by atoms with Crippen LogP contribution in [0.3, 0.4) is 0 Å². The monoisotopic (exact) mass is 187 g/mol. The van der Waals surface area contributed by atoms with Gasteiger partial charge in [-0.2, -0.15) is 0 Å². The van der Waals surface area contributed by atoms with E-state index in [9.17, 15) is 13.6 Å². The van der Waals surface area contributed by atoms with Gasteiger partial charge in [0.2, 0.25) is 5.91 Å². The summed E-state index contributed by atoms with van der Waals surface area (Å²) >= 11 is 0. The molecule has 0 unspecified atom stereocenters. The number of halogens is 2. The lowest BCUT2D eigenvalue weighted by Crippen LogP contribution is -2.20. The lowest BCUT2D eigenvalue weighted by Gasteiger charge is -1.99. The van der Waals surface area contributed by atoms with Crippen LogP contribution < -0.4 is 5.48 Å². The minimum atomic E-state index is -1.01. The summed E-state index contributed by atoms with van der Waals surface area (Å²) in [5, 5.41) is 8.15. The van der Waals surface area contributed by atoms with Crippen LogP contribution in [0.4, 0.5) is 8.78 Å². The Hall–Kier alpha value is -1.49. The third-order valence-electron chi connectivity index (χ3n) is 1.47. The zero-order valence-corrected chi connectivity index (χ0v) is 6.55. The van der Waals surface area contributed by atoms with E-state index in [1.54, 1.807) is 0 Å². The first kappa shape index (κ1) is 9.60. The van der Waals surface area contributed by atoms with Crippen molar-refractivity contribution in [1.29, 1.82) is 0 Å². The molecule has 1 aromatic carbocycles. The van der Waals surface area contributed by atoms with E-state index in [0.29, 0.717) is 5.56 Å². The maximum Gasteiger partial charge on any atom is 0.247 e. The van der Waals surface area contributed by atoms with Crippen LogP contribution in [0.5, 0.6) is 0 Å². The van der Waals surface area contributed by atoms with Crippen LogP contribution in [0.1, 0.15) is 5.56 Å². The molecule has 3 nitrogen and oxygen atoms in total. The van der Waals surface area contributed by atoms with E-state index in [-0.39, 0.29) is 6.42 Å². The maximum absolute atomic E-state index is 12.6. The summed E-state index contributed by atoms with van der Waals surface area (Å²) in [4.78, 5) is 10.6. The van der Waals surface area contributed by atoms with Crippen molar-refractivity contribution in [1.82, 2.24) is 5.48 Å². The van der Waals surface area contributed by atoms with E-state index < -0.39 is 17.5 Å². The molecule has 0 bridgehead atoms. The first-order valence-electron chi connectivity index (χ1n) is 3.50. The number of hydrogen-bond donors (Lipinski definition) is 2. The van der Waals surface area contributed by atoms with Crippen LogP contribution >= 0.6 is 0 Å². The van der Waals surface area contributed by atoms with E-state index in [0.717, 1.165) is 12.1 Å². The minimum absolute atomic E-state index is 0.187. The van der Waals surface area contributed by atoms with Gasteiger partial charge in [0.25, 0.3) is 0 Å². The van der Waals surface area contributed by atoms with Crippen molar-refractivity contribution in [2.75, 3.05) is 0 Å². The second kappa shape index (κ2) is 3.95. The predicted octanol–water partition coefficient (Wildman–Crippen LogP) is 1.01. The molecule has 0 atom stereocenters. The van der Waals surface area contributed by atoms with Gasteiger partial charge in [-0.3, -0.25) is 10.0 Å². The summed E-state index contributed by atoms with van der Waals surface area (Å²) in [5.74, 6) is -2.65. The van der Waals surface area contributed by atoms with Gasteiger partial charge >= 0.3 is 0 Å². The zero-order valence-electron chi connectivity index (χ0n) is 6.55. The summed E-state index contributed by atoms with van der Waals surface area (Å²) in [6.07, 6.45) is -0.187. The summed E-state index contributed by atoms with van der Waals surface area (Å²) < 4.78 is 25.0. The molecule has 70 valence electrons. The maximum atomic E-state index is 12.6. The van der Waals surface area contributed by atoms with Crippen LogP contribution in [0, 0.1) is 11.6 Å². The Morgan fingerprint density at radius 2 is 2.08 bits per heavy atom. The van der Waals surface area contributed by atoms with E-state index >= 15 is 0 Å². The minimum Gasteiger partial charge on any atom is -0.289 e. The van der Waals surface area contributed by atoms with E-state index in [1.165, 1.54) is 11.5 Å². The Labute approximate surface area is 73.0 Å². The number of nitrogens with one attached hydrogen (secondary N) is 1. The number of hydrogen-bond acceptors (Lipinski definition) is 2. The number of benzene rings is 1. The molecule has 0 aliphatic heterocycles. The van der Waals surface area contributed by atoms with Gasteiger partial charge in [-0.25, -0.2) is 14.3 Å². The van der Waals surface area contributed by atoms with Gasteiger partial charge in [-0.1, -0.05) is 6.07 Å². The Kier molecular flexibility index (Phi) is 2.92. The van der Waals surface area contributed by atoms with E-state index in [1.807, 2.05) is 0 Å². The zero-order chi connectivity index (χ0) is 9.84.